The fourth-order valence-electron chi connectivity index (χ4n) is 2.50. The van der Waals surface area contributed by atoms with Crippen LogP contribution in [0.5, 0.6) is 0 Å². The van der Waals surface area contributed by atoms with Gasteiger partial charge in [0, 0.05) is 6.61 Å². The molecule has 1 saturated carbocycles. The smallest absolute Gasteiger partial charge is 0.264 e. The number of rotatable bonds is 10. The maximum atomic E-state index is 10.5. The number of ether oxygens (including phenoxy) is 2. The molecular formula is C16H24O5S. The third-order valence-electron chi connectivity index (χ3n) is 3.81. The summed E-state index contributed by atoms with van der Waals surface area (Å²) in [4.78, 5) is 0. The Labute approximate surface area is 132 Å². The van der Waals surface area contributed by atoms with Gasteiger partial charge in [0.25, 0.3) is 10.1 Å². The normalized spacial score (nSPS) is 21.5. The van der Waals surface area contributed by atoms with Crippen molar-refractivity contribution < 1.29 is 22.4 Å². The topological polar surface area (TPSA) is 72.8 Å². The van der Waals surface area contributed by atoms with Crippen molar-refractivity contribution >= 4 is 10.1 Å². The lowest BCUT2D eigenvalue weighted by atomic mass is 9.83. The number of benzene rings is 1. The van der Waals surface area contributed by atoms with Gasteiger partial charge in [-0.2, -0.15) is 8.42 Å². The van der Waals surface area contributed by atoms with Crippen LogP contribution in [0.15, 0.2) is 30.3 Å². The van der Waals surface area contributed by atoms with Crippen LogP contribution >= 0.6 is 0 Å². The molecule has 1 fully saturated rings. The van der Waals surface area contributed by atoms with E-state index in [9.17, 15) is 8.42 Å². The maximum absolute atomic E-state index is 10.5. The van der Waals surface area contributed by atoms with Gasteiger partial charge in [-0.1, -0.05) is 30.3 Å². The van der Waals surface area contributed by atoms with Gasteiger partial charge >= 0.3 is 0 Å². The van der Waals surface area contributed by atoms with E-state index in [1.165, 1.54) is 5.56 Å². The van der Waals surface area contributed by atoms with Crippen LogP contribution in [0, 0.1) is 5.92 Å². The Morgan fingerprint density at radius 3 is 2.55 bits per heavy atom. The summed E-state index contributed by atoms with van der Waals surface area (Å²) in [5.74, 6) is 0.378. The number of unbranched alkanes of at least 4 members (excludes halogenated alkanes) is 1. The van der Waals surface area contributed by atoms with Gasteiger partial charge in [0.1, 0.15) is 0 Å². The van der Waals surface area contributed by atoms with Gasteiger partial charge in [-0.15, -0.1) is 0 Å². The molecule has 0 unspecified atom stereocenters. The lowest BCUT2D eigenvalue weighted by Crippen LogP contribution is -2.34. The molecule has 1 aliphatic carbocycles. The molecule has 0 atom stereocenters. The van der Waals surface area contributed by atoms with Crippen LogP contribution in [0.4, 0.5) is 0 Å². The van der Waals surface area contributed by atoms with Crippen LogP contribution in [0.3, 0.4) is 0 Å². The lowest BCUT2D eigenvalue weighted by molar-refractivity contribution is -0.0590. The van der Waals surface area contributed by atoms with Crippen molar-refractivity contribution in [2.45, 2.75) is 38.4 Å². The van der Waals surface area contributed by atoms with Crippen molar-refractivity contribution in [3.05, 3.63) is 35.9 Å². The third kappa shape index (κ3) is 6.87. The van der Waals surface area contributed by atoms with Crippen LogP contribution in [0.25, 0.3) is 0 Å². The molecule has 0 heterocycles. The van der Waals surface area contributed by atoms with Crippen molar-refractivity contribution in [1.29, 1.82) is 0 Å². The minimum atomic E-state index is -3.83. The van der Waals surface area contributed by atoms with E-state index in [1.54, 1.807) is 0 Å². The second-order valence-corrected chi connectivity index (χ2v) is 7.40. The summed E-state index contributed by atoms with van der Waals surface area (Å²) in [6.07, 6.45) is 3.39. The molecule has 5 nitrogen and oxygen atoms in total. The van der Waals surface area contributed by atoms with Crippen molar-refractivity contribution in [2.75, 3.05) is 19.0 Å². The molecule has 0 aliphatic heterocycles. The predicted octanol–water partition coefficient (Wildman–Crippen LogP) is 2.67. The zero-order valence-electron chi connectivity index (χ0n) is 12.7. The van der Waals surface area contributed by atoms with Crippen molar-refractivity contribution in [2.24, 2.45) is 5.92 Å². The summed E-state index contributed by atoms with van der Waals surface area (Å²) in [5.41, 5.74) is 1.19. The van der Waals surface area contributed by atoms with Crippen LogP contribution < -0.4 is 0 Å². The zero-order valence-corrected chi connectivity index (χ0v) is 13.5. The first-order chi connectivity index (χ1) is 10.5. The largest absolute Gasteiger partial charge is 0.378 e. The van der Waals surface area contributed by atoms with Crippen LogP contribution in [-0.2, 0) is 26.2 Å². The predicted molar refractivity (Wildman–Crippen MR) is 84.2 cm³/mol. The minimum absolute atomic E-state index is 0.184. The number of hydrogen-bond donors (Lipinski definition) is 1. The molecule has 0 spiro atoms. The zero-order chi connectivity index (χ0) is 15.8. The summed E-state index contributed by atoms with van der Waals surface area (Å²) in [5, 5.41) is 0. The summed E-state index contributed by atoms with van der Waals surface area (Å²) in [6, 6.07) is 10.1. The molecule has 1 N–H and O–H groups in total. The van der Waals surface area contributed by atoms with Gasteiger partial charge < -0.3 is 9.47 Å². The standard InChI is InChI=1S/C16H24O5S/c17-22(18,19)9-5-4-8-21-16-10-15(11-16)13-20-12-14-6-2-1-3-7-14/h1-3,6-7,15-16H,4-5,8-13H2,(H,17,18,19). The SMILES string of the molecule is O=S(=O)(O)CCCCOC1CC(COCc2ccccc2)C1. The summed E-state index contributed by atoms with van der Waals surface area (Å²) >= 11 is 0. The lowest BCUT2D eigenvalue weighted by Gasteiger charge is -2.35. The molecule has 6 heteroatoms. The van der Waals surface area contributed by atoms with Gasteiger partial charge in [0.15, 0.2) is 0 Å². The van der Waals surface area contributed by atoms with Gasteiger partial charge in [0.2, 0.25) is 0 Å². The molecular weight excluding hydrogens is 304 g/mol. The molecule has 2 rings (SSSR count). The third-order valence-corrected chi connectivity index (χ3v) is 4.61. The molecule has 0 amide bonds. The second-order valence-electron chi connectivity index (χ2n) is 5.82. The first-order valence-corrected chi connectivity index (χ1v) is 9.32. The van der Waals surface area contributed by atoms with Crippen molar-refractivity contribution in [3.8, 4) is 0 Å². The first kappa shape index (κ1) is 17.4. The van der Waals surface area contributed by atoms with E-state index in [0.29, 0.717) is 32.0 Å². The van der Waals surface area contributed by atoms with Gasteiger partial charge in [-0.3, -0.25) is 4.55 Å². The molecule has 22 heavy (non-hydrogen) atoms. The highest BCUT2D eigenvalue weighted by Gasteiger charge is 2.29. The second kappa shape index (κ2) is 8.62. The van der Waals surface area contributed by atoms with E-state index < -0.39 is 10.1 Å². The Balaban J connectivity index is 1.45. The molecule has 0 bridgehead atoms. The highest BCUT2D eigenvalue weighted by molar-refractivity contribution is 7.85. The Bertz CT molecular complexity index is 523. The Kier molecular flexibility index (Phi) is 6.82. The fourth-order valence-corrected chi connectivity index (χ4v) is 3.07. The van der Waals surface area contributed by atoms with E-state index in [-0.39, 0.29) is 11.9 Å². The molecule has 124 valence electrons. The van der Waals surface area contributed by atoms with Crippen LogP contribution in [0.2, 0.25) is 0 Å². The highest BCUT2D eigenvalue weighted by Crippen LogP contribution is 2.30. The maximum Gasteiger partial charge on any atom is 0.264 e. The molecule has 0 saturated heterocycles. The average Bonchev–Trinajstić information content (AvgIpc) is 2.43. The van der Waals surface area contributed by atoms with E-state index in [1.807, 2.05) is 18.2 Å². The van der Waals surface area contributed by atoms with Crippen LogP contribution in [-0.4, -0.2) is 38.0 Å². The van der Waals surface area contributed by atoms with Crippen molar-refractivity contribution in [1.82, 2.24) is 0 Å². The molecule has 1 aromatic carbocycles. The van der Waals surface area contributed by atoms with Gasteiger partial charge in [0.05, 0.1) is 25.1 Å². The Hall–Kier alpha value is -0.950. The van der Waals surface area contributed by atoms with E-state index in [0.717, 1.165) is 19.4 Å². The van der Waals surface area contributed by atoms with Crippen molar-refractivity contribution in [3.63, 3.8) is 0 Å². The highest BCUT2D eigenvalue weighted by atomic mass is 32.2. The molecule has 1 aliphatic rings. The molecule has 1 aromatic rings. The van der Waals surface area contributed by atoms with E-state index in [4.69, 9.17) is 14.0 Å². The molecule has 0 aromatic heterocycles. The Morgan fingerprint density at radius 1 is 1.14 bits per heavy atom. The number of hydrogen-bond acceptors (Lipinski definition) is 4. The van der Waals surface area contributed by atoms with E-state index in [2.05, 4.69) is 12.1 Å². The summed E-state index contributed by atoms with van der Waals surface area (Å²) < 4.78 is 41.0. The summed E-state index contributed by atoms with van der Waals surface area (Å²) in [7, 11) is -3.83. The summed E-state index contributed by atoms with van der Waals surface area (Å²) in [6.45, 7) is 1.97. The first-order valence-electron chi connectivity index (χ1n) is 7.71. The minimum Gasteiger partial charge on any atom is -0.378 e. The van der Waals surface area contributed by atoms with Gasteiger partial charge in [-0.05, 0) is 37.2 Å². The molecule has 0 radical (unpaired) electrons. The van der Waals surface area contributed by atoms with Gasteiger partial charge in [-0.25, -0.2) is 0 Å². The van der Waals surface area contributed by atoms with Crippen LogP contribution in [0.1, 0.15) is 31.2 Å². The average molecular weight is 328 g/mol. The Morgan fingerprint density at radius 2 is 1.86 bits per heavy atom. The quantitative estimate of drug-likeness (QED) is 0.528. The fraction of sp³-hybridized carbons (Fsp3) is 0.625. The van der Waals surface area contributed by atoms with E-state index >= 15 is 0 Å². The monoisotopic (exact) mass is 328 g/mol.